The number of anilines is 1. The van der Waals surface area contributed by atoms with Crippen LogP contribution in [0.5, 0.6) is 0 Å². The summed E-state index contributed by atoms with van der Waals surface area (Å²) in [6.45, 7) is 0. The van der Waals surface area contributed by atoms with Gasteiger partial charge >= 0.3 is 6.18 Å². The summed E-state index contributed by atoms with van der Waals surface area (Å²) in [6.07, 6.45) is -2.23. The first kappa shape index (κ1) is 18.5. The lowest BCUT2D eigenvalue weighted by atomic mass is 10.1. The normalized spacial score (nSPS) is 11.5. The van der Waals surface area contributed by atoms with Gasteiger partial charge in [-0.25, -0.2) is 0 Å². The van der Waals surface area contributed by atoms with E-state index in [4.69, 9.17) is 11.6 Å². The van der Waals surface area contributed by atoms with Crippen molar-refractivity contribution < 1.29 is 22.9 Å². The Labute approximate surface area is 144 Å². The van der Waals surface area contributed by atoms with Gasteiger partial charge in [-0.2, -0.15) is 13.2 Å². The quantitative estimate of drug-likeness (QED) is 0.471. The van der Waals surface area contributed by atoms with Gasteiger partial charge in [0.1, 0.15) is 0 Å². The molecule has 0 unspecified atom stereocenters. The molecular weight excluding hydrogens is 361 g/mol. The minimum absolute atomic E-state index is 0.0508. The lowest BCUT2D eigenvalue weighted by molar-refractivity contribution is -0.384. The fraction of sp³-hybridized carbons (Fsp3) is 0.0625. The molecule has 2 rings (SSSR count). The van der Waals surface area contributed by atoms with Gasteiger partial charge in [0.25, 0.3) is 5.69 Å². The summed E-state index contributed by atoms with van der Waals surface area (Å²) in [5.41, 5.74) is -0.900. The molecule has 2 aromatic rings. The van der Waals surface area contributed by atoms with E-state index in [1.807, 2.05) is 0 Å². The molecule has 9 heteroatoms. The zero-order valence-electron chi connectivity index (χ0n) is 12.4. The van der Waals surface area contributed by atoms with Crippen LogP contribution in [-0.2, 0) is 11.0 Å². The first-order chi connectivity index (χ1) is 11.7. The molecule has 0 aliphatic rings. The molecule has 130 valence electrons. The van der Waals surface area contributed by atoms with Crippen LogP contribution in [0.15, 0.2) is 48.5 Å². The zero-order chi connectivity index (χ0) is 18.6. The predicted octanol–water partition coefficient (Wildman–Crippen LogP) is 4.92. The number of carbonyl (C=O) groups excluding carboxylic acids is 1. The Morgan fingerprint density at radius 2 is 1.92 bits per heavy atom. The minimum Gasteiger partial charge on any atom is -0.321 e. The lowest BCUT2D eigenvalue weighted by Crippen LogP contribution is -2.11. The smallest absolute Gasteiger partial charge is 0.321 e. The molecule has 0 radical (unpaired) electrons. The standard InChI is InChI=1S/C16H10ClF3N2O3/c17-13-6-5-11(16(18,19)20)9-14(13)21-15(23)7-4-10-2-1-3-12(8-10)22(24)25/h1-9H,(H,21,23). The van der Waals surface area contributed by atoms with Gasteiger partial charge in [-0.15, -0.1) is 0 Å². The van der Waals surface area contributed by atoms with E-state index < -0.39 is 22.6 Å². The van der Waals surface area contributed by atoms with Crippen LogP contribution in [0.3, 0.4) is 0 Å². The van der Waals surface area contributed by atoms with Crippen molar-refractivity contribution in [2.45, 2.75) is 6.18 Å². The highest BCUT2D eigenvalue weighted by atomic mass is 35.5. The van der Waals surface area contributed by atoms with Crippen LogP contribution in [0.25, 0.3) is 6.08 Å². The maximum absolute atomic E-state index is 12.7. The monoisotopic (exact) mass is 370 g/mol. The predicted molar refractivity (Wildman–Crippen MR) is 87.2 cm³/mol. The van der Waals surface area contributed by atoms with Gasteiger partial charge in [-0.3, -0.25) is 14.9 Å². The summed E-state index contributed by atoms with van der Waals surface area (Å²) in [4.78, 5) is 21.9. The fourth-order valence-electron chi connectivity index (χ4n) is 1.89. The van der Waals surface area contributed by atoms with E-state index in [0.29, 0.717) is 5.56 Å². The number of nitrogens with zero attached hydrogens (tertiary/aromatic N) is 1. The van der Waals surface area contributed by atoms with Gasteiger partial charge < -0.3 is 5.32 Å². The van der Waals surface area contributed by atoms with Crippen molar-refractivity contribution >= 4 is 35.0 Å². The lowest BCUT2D eigenvalue weighted by Gasteiger charge is -2.10. The SMILES string of the molecule is O=C(C=Cc1cccc([N+](=O)[O-])c1)Nc1cc(C(F)(F)F)ccc1Cl. The summed E-state index contributed by atoms with van der Waals surface area (Å²) in [6, 6.07) is 8.08. The van der Waals surface area contributed by atoms with E-state index >= 15 is 0 Å². The topological polar surface area (TPSA) is 72.2 Å². The maximum atomic E-state index is 12.7. The van der Waals surface area contributed by atoms with Crippen LogP contribution < -0.4 is 5.32 Å². The third kappa shape index (κ3) is 5.05. The third-order valence-corrected chi connectivity index (χ3v) is 3.39. The Balaban J connectivity index is 2.15. The molecule has 5 nitrogen and oxygen atoms in total. The molecule has 2 aromatic carbocycles. The summed E-state index contributed by atoms with van der Waals surface area (Å²) in [5, 5.41) is 12.9. The van der Waals surface area contributed by atoms with Crippen molar-refractivity contribution in [3.05, 3.63) is 74.8 Å². The molecule has 0 aliphatic carbocycles. The molecule has 0 spiro atoms. The van der Waals surface area contributed by atoms with Gasteiger partial charge in [0.2, 0.25) is 5.91 Å². The molecule has 0 fully saturated rings. The number of nitro groups is 1. The molecule has 1 N–H and O–H groups in total. The number of halogens is 4. The van der Waals surface area contributed by atoms with Gasteiger partial charge in [0, 0.05) is 18.2 Å². The first-order valence-corrected chi connectivity index (χ1v) is 7.15. The van der Waals surface area contributed by atoms with Gasteiger partial charge in [0.05, 0.1) is 21.2 Å². The average molecular weight is 371 g/mol. The van der Waals surface area contributed by atoms with E-state index in [1.54, 1.807) is 0 Å². The van der Waals surface area contributed by atoms with Crippen LogP contribution in [0.1, 0.15) is 11.1 Å². The highest BCUT2D eigenvalue weighted by molar-refractivity contribution is 6.33. The molecular formula is C16H10ClF3N2O3. The van der Waals surface area contributed by atoms with Crippen LogP contribution in [0.2, 0.25) is 5.02 Å². The summed E-state index contributed by atoms with van der Waals surface area (Å²) in [7, 11) is 0. The number of non-ortho nitro benzene ring substituents is 1. The number of amides is 1. The Morgan fingerprint density at radius 3 is 2.56 bits per heavy atom. The van der Waals surface area contributed by atoms with E-state index in [1.165, 1.54) is 30.3 Å². The van der Waals surface area contributed by atoms with Crippen LogP contribution in [0, 0.1) is 10.1 Å². The number of hydrogen-bond donors (Lipinski definition) is 1. The molecule has 0 bridgehead atoms. The van der Waals surface area contributed by atoms with Crippen molar-refractivity contribution in [2.75, 3.05) is 5.32 Å². The number of alkyl halides is 3. The summed E-state index contributed by atoms with van der Waals surface area (Å²) in [5.74, 6) is -0.729. The van der Waals surface area contributed by atoms with Crippen molar-refractivity contribution in [2.24, 2.45) is 0 Å². The van der Waals surface area contributed by atoms with Crippen LogP contribution in [0.4, 0.5) is 24.5 Å². The van der Waals surface area contributed by atoms with Crippen molar-refractivity contribution in [1.29, 1.82) is 0 Å². The number of nitro benzene ring substituents is 1. The van der Waals surface area contributed by atoms with Gasteiger partial charge in [-0.05, 0) is 29.8 Å². The second-order valence-corrected chi connectivity index (χ2v) is 5.27. The Hall–Kier alpha value is -2.87. The van der Waals surface area contributed by atoms with Gasteiger partial charge in [-0.1, -0.05) is 23.7 Å². The summed E-state index contributed by atoms with van der Waals surface area (Å²) >= 11 is 5.78. The maximum Gasteiger partial charge on any atom is 0.416 e. The van der Waals surface area contributed by atoms with Crippen molar-refractivity contribution in [3.63, 3.8) is 0 Å². The van der Waals surface area contributed by atoms with E-state index in [0.717, 1.165) is 24.3 Å². The fourth-order valence-corrected chi connectivity index (χ4v) is 2.05. The zero-order valence-corrected chi connectivity index (χ0v) is 13.1. The molecule has 0 aromatic heterocycles. The highest BCUT2D eigenvalue weighted by Gasteiger charge is 2.31. The molecule has 1 amide bonds. The molecule has 0 aliphatic heterocycles. The highest BCUT2D eigenvalue weighted by Crippen LogP contribution is 2.33. The number of benzene rings is 2. The largest absolute Gasteiger partial charge is 0.416 e. The summed E-state index contributed by atoms with van der Waals surface area (Å²) < 4.78 is 38.1. The van der Waals surface area contributed by atoms with E-state index in [2.05, 4.69) is 5.32 Å². The average Bonchev–Trinajstić information content (AvgIpc) is 2.54. The van der Waals surface area contributed by atoms with Crippen LogP contribution >= 0.6 is 11.6 Å². The van der Waals surface area contributed by atoms with E-state index in [9.17, 15) is 28.1 Å². The Morgan fingerprint density at radius 1 is 1.20 bits per heavy atom. The van der Waals surface area contributed by atoms with Gasteiger partial charge in [0.15, 0.2) is 0 Å². The molecule has 0 saturated heterocycles. The Kier molecular flexibility index (Phi) is 5.43. The van der Waals surface area contributed by atoms with E-state index in [-0.39, 0.29) is 16.4 Å². The number of rotatable bonds is 4. The number of nitrogens with one attached hydrogen (secondary N) is 1. The second-order valence-electron chi connectivity index (χ2n) is 4.87. The Bertz CT molecular complexity index is 851. The second kappa shape index (κ2) is 7.35. The molecule has 0 heterocycles. The van der Waals surface area contributed by atoms with Crippen LogP contribution in [-0.4, -0.2) is 10.8 Å². The van der Waals surface area contributed by atoms with Crippen molar-refractivity contribution in [1.82, 2.24) is 0 Å². The minimum atomic E-state index is -4.57. The van der Waals surface area contributed by atoms with Crippen molar-refractivity contribution in [3.8, 4) is 0 Å². The molecule has 25 heavy (non-hydrogen) atoms. The molecule has 0 saturated carbocycles. The first-order valence-electron chi connectivity index (χ1n) is 6.77. The number of hydrogen-bond acceptors (Lipinski definition) is 3. The third-order valence-electron chi connectivity index (χ3n) is 3.06. The number of carbonyl (C=O) groups is 1. The molecule has 0 atom stereocenters.